The van der Waals surface area contributed by atoms with Gasteiger partial charge in [-0.2, -0.15) is 0 Å². The molecule has 2 aromatic rings. The number of aromatic nitrogens is 1. The Labute approximate surface area is 140 Å². The quantitative estimate of drug-likeness (QED) is 0.902. The number of aliphatic carboxylic acids is 1. The first-order valence-corrected chi connectivity index (χ1v) is 8.07. The molecule has 1 aromatic carbocycles. The van der Waals surface area contributed by atoms with E-state index >= 15 is 0 Å². The van der Waals surface area contributed by atoms with Crippen LogP contribution in [0.5, 0.6) is 0 Å². The molecule has 1 aliphatic heterocycles. The van der Waals surface area contributed by atoms with Crippen LogP contribution in [0.3, 0.4) is 0 Å². The van der Waals surface area contributed by atoms with E-state index < -0.39 is 11.4 Å². The van der Waals surface area contributed by atoms with Gasteiger partial charge in [-0.3, -0.25) is 9.59 Å². The molecule has 3 rings (SSSR count). The molecule has 1 unspecified atom stereocenters. The van der Waals surface area contributed by atoms with Gasteiger partial charge in [0, 0.05) is 36.8 Å². The van der Waals surface area contributed by atoms with Gasteiger partial charge in [-0.15, -0.1) is 0 Å². The van der Waals surface area contributed by atoms with E-state index in [0.717, 1.165) is 16.6 Å². The van der Waals surface area contributed by atoms with E-state index in [1.807, 2.05) is 31.2 Å². The maximum Gasteiger partial charge on any atom is 0.313 e. The second kappa shape index (κ2) is 6.28. The van der Waals surface area contributed by atoms with Crippen molar-refractivity contribution in [2.45, 2.75) is 19.8 Å². The number of aryl methyl sites for hydroxylation is 1. The third kappa shape index (κ3) is 2.67. The first-order chi connectivity index (χ1) is 11.5. The zero-order valence-electron chi connectivity index (χ0n) is 14.0. The number of aromatic amines is 1. The molecule has 24 heavy (non-hydrogen) atoms. The highest BCUT2D eigenvalue weighted by Gasteiger charge is 2.44. The van der Waals surface area contributed by atoms with E-state index in [2.05, 4.69) is 4.98 Å². The number of para-hydroxylation sites is 1. The highest BCUT2D eigenvalue weighted by molar-refractivity contribution is 6.08. The summed E-state index contributed by atoms with van der Waals surface area (Å²) in [7, 11) is 1.50. The van der Waals surface area contributed by atoms with Crippen LogP contribution in [-0.4, -0.2) is 53.7 Å². The van der Waals surface area contributed by atoms with Crippen LogP contribution >= 0.6 is 0 Å². The molecular formula is C18H22N2O4. The predicted octanol–water partition coefficient (Wildman–Crippen LogP) is 2.43. The lowest BCUT2D eigenvalue weighted by Gasteiger charge is -2.39. The summed E-state index contributed by atoms with van der Waals surface area (Å²) in [5, 5.41) is 10.5. The Kier molecular flexibility index (Phi) is 4.32. The van der Waals surface area contributed by atoms with Crippen molar-refractivity contribution in [2.75, 3.05) is 26.8 Å². The highest BCUT2D eigenvalue weighted by atomic mass is 16.5. The third-order valence-electron chi connectivity index (χ3n) is 4.85. The van der Waals surface area contributed by atoms with E-state index in [1.165, 1.54) is 7.11 Å². The van der Waals surface area contributed by atoms with E-state index in [-0.39, 0.29) is 19.1 Å². The number of benzene rings is 1. The summed E-state index contributed by atoms with van der Waals surface area (Å²) in [6.45, 7) is 2.72. The molecule has 1 fully saturated rings. The molecule has 1 aromatic heterocycles. The number of methoxy groups -OCH3 is 1. The number of carbonyl (C=O) groups excluding carboxylic acids is 1. The molecule has 0 aliphatic carbocycles. The Morgan fingerprint density at radius 2 is 2.12 bits per heavy atom. The lowest BCUT2D eigenvalue weighted by atomic mass is 9.80. The number of carboxylic acid groups (broad SMARTS) is 1. The number of carboxylic acids is 1. The van der Waals surface area contributed by atoms with Gasteiger partial charge in [0.2, 0.25) is 0 Å². The zero-order valence-corrected chi connectivity index (χ0v) is 14.0. The second-order valence-electron chi connectivity index (χ2n) is 6.52. The second-order valence-corrected chi connectivity index (χ2v) is 6.52. The number of carbonyl (C=O) groups is 2. The van der Waals surface area contributed by atoms with Crippen molar-refractivity contribution in [2.24, 2.45) is 5.41 Å². The van der Waals surface area contributed by atoms with Crippen LogP contribution in [0.15, 0.2) is 24.3 Å². The average Bonchev–Trinajstić information content (AvgIpc) is 2.90. The van der Waals surface area contributed by atoms with Gasteiger partial charge in [-0.25, -0.2) is 0 Å². The van der Waals surface area contributed by atoms with E-state index in [1.54, 1.807) is 4.90 Å². The first kappa shape index (κ1) is 16.5. The summed E-state index contributed by atoms with van der Waals surface area (Å²) >= 11 is 0. The summed E-state index contributed by atoms with van der Waals surface area (Å²) in [6.07, 6.45) is 1.18. The molecule has 0 spiro atoms. The van der Waals surface area contributed by atoms with Gasteiger partial charge in [-0.1, -0.05) is 18.2 Å². The van der Waals surface area contributed by atoms with Crippen molar-refractivity contribution in [3.63, 3.8) is 0 Å². The van der Waals surface area contributed by atoms with Crippen LogP contribution in [0.2, 0.25) is 0 Å². The largest absolute Gasteiger partial charge is 0.481 e. The number of hydrogen-bond donors (Lipinski definition) is 2. The monoisotopic (exact) mass is 330 g/mol. The van der Waals surface area contributed by atoms with E-state index in [4.69, 9.17) is 4.74 Å². The van der Waals surface area contributed by atoms with Crippen molar-refractivity contribution in [1.29, 1.82) is 0 Å². The molecule has 6 heteroatoms. The minimum absolute atomic E-state index is 0.110. The summed E-state index contributed by atoms with van der Waals surface area (Å²) in [5.41, 5.74) is 1.32. The summed E-state index contributed by atoms with van der Waals surface area (Å²) < 4.78 is 5.13. The van der Waals surface area contributed by atoms with Gasteiger partial charge in [0.1, 0.15) is 5.41 Å². The number of nitrogens with one attached hydrogen (secondary N) is 1. The van der Waals surface area contributed by atoms with E-state index in [9.17, 15) is 14.7 Å². The number of H-pyrrole nitrogens is 1. The van der Waals surface area contributed by atoms with Crippen molar-refractivity contribution in [3.05, 3.63) is 35.5 Å². The van der Waals surface area contributed by atoms with Crippen molar-refractivity contribution in [1.82, 2.24) is 9.88 Å². The summed E-state index contributed by atoms with van der Waals surface area (Å²) in [6, 6.07) is 7.66. The molecule has 1 saturated heterocycles. The number of nitrogens with zero attached hydrogens (tertiary/aromatic N) is 1. The maximum absolute atomic E-state index is 13.1. The van der Waals surface area contributed by atoms with E-state index in [0.29, 0.717) is 24.9 Å². The number of amides is 1. The molecule has 128 valence electrons. The van der Waals surface area contributed by atoms with Gasteiger partial charge in [0.15, 0.2) is 0 Å². The smallest absolute Gasteiger partial charge is 0.313 e. The Hall–Kier alpha value is -2.34. The zero-order chi connectivity index (χ0) is 17.3. The topological polar surface area (TPSA) is 82.6 Å². The Bertz CT molecular complexity index is 778. The Balaban J connectivity index is 1.94. The number of likely N-dealkylation sites (tertiary alicyclic amines) is 1. The summed E-state index contributed by atoms with van der Waals surface area (Å²) in [5.74, 6) is -1.02. The Morgan fingerprint density at radius 1 is 1.38 bits per heavy atom. The van der Waals surface area contributed by atoms with Crippen LogP contribution in [0.4, 0.5) is 0 Å². The number of ether oxygens (including phenoxy) is 1. The van der Waals surface area contributed by atoms with Crippen molar-refractivity contribution < 1.29 is 19.4 Å². The normalized spacial score (nSPS) is 21.2. The fraction of sp³-hybridized carbons (Fsp3) is 0.444. The standard InChI is InChI=1S/C18H22N2O4/c1-12-15(13-6-3-4-7-14(13)19-12)16(21)20-9-5-8-18(10-20,11-24-2)17(22)23/h3-4,6-7,19H,5,8-11H2,1-2H3,(H,22,23). The van der Waals surface area contributed by atoms with Crippen LogP contribution in [-0.2, 0) is 9.53 Å². The molecule has 2 N–H and O–H groups in total. The molecule has 1 amide bonds. The molecule has 0 radical (unpaired) electrons. The molecule has 6 nitrogen and oxygen atoms in total. The van der Waals surface area contributed by atoms with Gasteiger partial charge >= 0.3 is 5.97 Å². The van der Waals surface area contributed by atoms with Gasteiger partial charge in [0.25, 0.3) is 5.91 Å². The lowest BCUT2D eigenvalue weighted by Crippen LogP contribution is -2.52. The van der Waals surface area contributed by atoms with Crippen LogP contribution in [0.1, 0.15) is 28.9 Å². The molecule has 2 heterocycles. The SMILES string of the molecule is COCC1(C(=O)O)CCCN(C(=O)c2c(C)[nH]c3ccccc23)C1. The Morgan fingerprint density at radius 3 is 2.83 bits per heavy atom. The minimum Gasteiger partial charge on any atom is -0.481 e. The van der Waals surface area contributed by atoms with Crippen LogP contribution in [0.25, 0.3) is 10.9 Å². The van der Waals surface area contributed by atoms with Gasteiger partial charge < -0.3 is 19.7 Å². The third-order valence-corrected chi connectivity index (χ3v) is 4.85. The molecule has 0 bridgehead atoms. The summed E-state index contributed by atoms with van der Waals surface area (Å²) in [4.78, 5) is 29.7. The number of piperidine rings is 1. The number of hydrogen-bond acceptors (Lipinski definition) is 3. The molecular weight excluding hydrogens is 308 g/mol. The van der Waals surface area contributed by atoms with Gasteiger partial charge in [0.05, 0.1) is 12.2 Å². The highest BCUT2D eigenvalue weighted by Crippen LogP contribution is 2.33. The van der Waals surface area contributed by atoms with Gasteiger partial charge in [-0.05, 0) is 25.8 Å². The first-order valence-electron chi connectivity index (χ1n) is 8.07. The molecule has 1 aliphatic rings. The lowest BCUT2D eigenvalue weighted by molar-refractivity contribution is -0.155. The molecule has 1 atom stereocenters. The van der Waals surface area contributed by atoms with Crippen LogP contribution < -0.4 is 0 Å². The fourth-order valence-electron chi connectivity index (χ4n) is 3.65. The average molecular weight is 330 g/mol. The minimum atomic E-state index is -1.03. The predicted molar refractivity (Wildman–Crippen MR) is 90.1 cm³/mol. The van der Waals surface area contributed by atoms with Crippen LogP contribution in [0, 0.1) is 12.3 Å². The maximum atomic E-state index is 13.1. The fourth-order valence-corrected chi connectivity index (χ4v) is 3.65. The van der Waals surface area contributed by atoms with Crippen molar-refractivity contribution in [3.8, 4) is 0 Å². The molecule has 0 saturated carbocycles. The number of fused-ring (bicyclic) bond motifs is 1. The van der Waals surface area contributed by atoms with Crippen molar-refractivity contribution >= 4 is 22.8 Å². The number of rotatable bonds is 4.